The molecule has 1 amide bonds. The minimum atomic E-state index is -0.522. The zero-order valence-electron chi connectivity index (χ0n) is 13.1. The topological polar surface area (TPSA) is 90.9 Å². The van der Waals surface area contributed by atoms with Crippen LogP contribution in [0.5, 0.6) is 0 Å². The summed E-state index contributed by atoms with van der Waals surface area (Å²) in [6, 6.07) is 2.56. The number of carbonyl (C=O) groups excluding carboxylic acids is 1. The van der Waals surface area contributed by atoms with Crippen molar-refractivity contribution < 1.29 is 14.3 Å². The number of hydrogen-bond acceptors (Lipinski definition) is 4. The molecule has 3 rings (SSSR count). The van der Waals surface area contributed by atoms with E-state index in [1.807, 2.05) is 0 Å². The summed E-state index contributed by atoms with van der Waals surface area (Å²) < 4.78 is 13.4. The quantitative estimate of drug-likeness (QED) is 0.786. The number of rotatable bonds is 4. The zero-order chi connectivity index (χ0) is 17.3. The fraction of sp³-hybridized carbons (Fsp3) is 0.438. The molecular formula is C16H18ClFN4O2. The third kappa shape index (κ3) is 3.42. The number of hydrogen-bond donors (Lipinski definition) is 3. The Hall–Kier alpha value is -1.99. The largest absolute Gasteiger partial charge is 0.393 e. The predicted molar refractivity (Wildman–Crippen MR) is 86.3 cm³/mol. The SMILES string of the molecule is Cc1cc(C(=O)NC[C@@H]2C[C@@H](c3ncn[nH]3)C[C@@H]2O)c(Cl)cc1F. The van der Waals surface area contributed by atoms with Gasteiger partial charge < -0.3 is 10.4 Å². The molecule has 0 unspecified atom stereocenters. The van der Waals surface area contributed by atoms with Crippen LogP contribution >= 0.6 is 11.6 Å². The molecule has 1 fully saturated rings. The highest BCUT2D eigenvalue weighted by molar-refractivity contribution is 6.33. The van der Waals surface area contributed by atoms with E-state index in [4.69, 9.17) is 11.6 Å². The van der Waals surface area contributed by atoms with Gasteiger partial charge in [-0.2, -0.15) is 5.10 Å². The molecule has 3 atom stereocenters. The van der Waals surface area contributed by atoms with Crippen molar-refractivity contribution in [1.29, 1.82) is 0 Å². The van der Waals surface area contributed by atoms with E-state index in [-0.39, 0.29) is 28.3 Å². The van der Waals surface area contributed by atoms with E-state index in [0.29, 0.717) is 24.9 Å². The van der Waals surface area contributed by atoms with Crippen LogP contribution in [0.2, 0.25) is 5.02 Å². The molecule has 1 aromatic carbocycles. The Balaban J connectivity index is 1.61. The second-order valence-electron chi connectivity index (χ2n) is 6.16. The van der Waals surface area contributed by atoms with Gasteiger partial charge in [0.25, 0.3) is 5.91 Å². The number of aliphatic hydroxyl groups is 1. The highest BCUT2D eigenvalue weighted by atomic mass is 35.5. The summed E-state index contributed by atoms with van der Waals surface area (Å²) >= 11 is 5.94. The van der Waals surface area contributed by atoms with Crippen LogP contribution in [0.15, 0.2) is 18.5 Å². The Bertz CT molecular complexity index is 738. The number of H-pyrrole nitrogens is 1. The maximum absolute atomic E-state index is 13.4. The first-order valence-corrected chi connectivity index (χ1v) is 8.10. The second kappa shape index (κ2) is 6.86. The Morgan fingerprint density at radius 1 is 1.50 bits per heavy atom. The molecule has 2 aromatic rings. The Kier molecular flexibility index (Phi) is 4.82. The molecule has 0 radical (unpaired) electrons. The summed E-state index contributed by atoms with van der Waals surface area (Å²) in [6.07, 6.45) is 2.19. The Morgan fingerprint density at radius 2 is 2.29 bits per heavy atom. The van der Waals surface area contributed by atoms with E-state index in [1.165, 1.54) is 12.4 Å². The van der Waals surface area contributed by atoms with Gasteiger partial charge in [-0.3, -0.25) is 9.89 Å². The summed E-state index contributed by atoms with van der Waals surface area (Å²) in [7, 11) is 0. The Labute approximate surface area is 143 Å². The molecule has 3 N–H and O–H groups in total. The summed E-state index contributed by atoms with van der Waals surface area (Å²) in [4.78, 5) is 16.4. The van der Waals surface area contributed by atoms with Gasteiger partial charge in [0.1, 0.15) is 18.0 Å². The molecule has 0 bridgehead atoms. The standard InChI is InChI=1S/C16H18ClFN4O2/c1-8-2-11(12(17)5-13(8)18)16(24)19-6-10-3-9(4-14(10)23)15-20-7-21-22-15/h2,5,7,9-10,14,23H,3-4,6H2,1H3,(H,19,24)(H,20,21,22)/t9-,10+,14+/m1/s1. The number of halogens is 2. The number of benzene rings is 1. The number of aromatic amines is 1. The van der Waals surface area contributed by atoms with Crippen molar-refractivity contribution >= 4 is 17.5 Å². The van der Waals surface area contributed by atoms with Crippen molar-refractivity contribution in [3.63, 3.8) is 0 Å². The number of aromatic nitrogens is 3. The number of aryl methyl sites for hydroxylation is 1. The van der Waals surface area contributed by atoms with Crippen LogP contribution < -0.4 is 5.32 Å². The monoisotopic (exact) mass is 352 g/mol. The van der Waals surface area contributed by atoms with Crippen molar-refractivity contribution in [3.8, 4) is 0 Å². The molecule has 1 heterocycles. The lowest BCUT2D eigenvalue weighted by Gasteiger charge is -2.15. The van der Waals surface area contributed by atoms with E-state index in [0.717, 1.165) is 11.9 Å². The van der Waals surface area contributed by atoms with Crippen molar-refractivity contribution in [2.24, 2.45) is 5.92 Å². The van der Waals surface area contributed by atoms with Crippen molar-refractivity contribution in [1.82, 2.24) is 20.5 Å². The lowest BCUT2D eigenvalue weighted by molar-refractivity contribution is 0.0916. The summed E-state index contributed by atoms with van der Waals surface area (Å²) in [5.74, 6) is -0.0541. The highest BCUT2D eigenvalue weighted by Gasteiger charge is 2.35. The van der Waals surface area contributed by atoms with E-state index in [9.17, 15) is 14.3 Å². The van der Waals surface area contributed by atoms with Crippen LogP contribution in [-0.4, -0.2) is 38.8 Å². The normalized spacial score (nSPS) is 23.4. The molecule has 6 nitrogen and oxygen atoms in total. The maximum atomic E-state index is 13.4. The third-order valence-corrected chi connectivity index (χ3v) is 4.81. The van der Waals surface area contributed by atoms with Crippen LogP contribution in [-0.2, 0) is 0 Å². The molecule has 0 spiro atoms. The fourth-order valence-electron chi connectivity index (χ4n) is 3.11. The van der Waals surface area contributed by atoms with Gasteiger partial charge in [-0.15, -0.1) is 0 Å². The Morgan fingerprint density at radius 3 is 3.00 bits per heavy atom. The number of nitrogens with one attached hydrogen (secondary N) is 2. The van der Waals surface area contributed by atoms with Gasteiger partial charge in [0, 0.05) is 18.4 Å². The minimum absolute atomic E-state index is 0.0714. The van der Waals surface area contributed by atoms with Crippen molar-refractivity contribution in [2.45, 2.75) is 31.8 Å². The highest BCUT2D eigenvalue weighted by Crippen LogP contribution is 2.36. The summed E-state index contributed by atoms with van der Waals surface area (Å²) in [6.45, 7) is 1.89. The van der Waals surface area contributed by atoms with Gasteiger partial charge in [0.2, 0.25) is 0 Å². The molecule has 1 aliphatic rings. The average molecular weight is 353 g/mol. The van der Waals surface area contributed by atoms with Crippen LogP contribution in [0.25, 0.3) is 0 Å². The van der Waals surface area contributed by atoms with Crippen LogP contribution in [0.3, 0.4) is 0 Å². The van der Waals surface area contributed by atoms with E-state index >= 15 is 0 Å². The summed E-state index contributed by atoms with van der Waals surface area (Å²) in [5.41, 5.74) is 0.589. The maximum Gasteiger partial charge on any atom is 0.252 e. The van der Waals surface area contributed by atoms with Gasteiger partial charge in [0.05, 0.1) is 16.7 Å². The number of aliphatic hydroxyl groups excluding tert-OH is 1. The number of carbonyl (C=O) groups is 1. The zero-order valence-corrected chi connectivity index (χ0v) is 13.8. The smallest absolute Gasteiger partial charge is 0.252 e. The fourth-order valence-corrected chi connectivity index (χ4v) is 3.34. The first-order valence-electron chi connectivity index (χ1n) is 7.73. The minimum Gasteiger partial charge on any atom is -0.393 e. The van der Waals surface area contributed by atoms with Crippen molar-refractivity contribution in [2.75, 3.05) is 6.54 Å². The predicted octanol–water partition coefficient (Wildman–Crippen LogP) is 2.19. The number of nitrogens with zero attached hydrogens (tertiary/aromatic N) is 2. The molecule has 1 aliphatic carbocycles. The molecule has 8 heteroatoms. The number of amides is 1. The summed E-state index contributed by atoms with van der Waals surface area (Å²) in [5, 5.41) is 19.7. The third-order valence-electron chi connectivity index (χ3n) is 4.50. The molecule has 0 aliphatic heterocycles. The van der Waals surface area contributed by atoms with Crippen LogP contribution in [0, 0.1) is 18.7 Å². The lowest BCUT2D eigenvalue weighted by atomic mass is 10.0. The molecule has 0 saturated heterocycles. The van der Waals surface area contributed by atoms with Crippen molar-refractivity contribution in [3.05, 3.63) is 46.3 Å². The molecule has 1 aromatic heterocycles. The first-order chi connectivity index (χ1) is 11.5. The van der Waals surface area contributed by atoms with Crippen LogP contribution in [0.4, 0.5) is 4.39 Å². The van der Waals surface area contributed by atoms with E-state index in [1.54, 1.807) is 6.92 Å². The first kappa shape index (κ1) is 16.9. The van der Waals surface area contributed by atoms with Gasteiger partial charge in [-0.1, -0.05) is 11.6 Å². The van der Waals surface area contributed by atoms with E-state index in [2.05, 4.69) is 20.5 Å². The van der Waals surface area contributed by atoms with Gasteiger partial charge in [-0.05, 0) is 37.5 Å². The lowest BCUT2D eigenvalue weighted by Crippen LogP contribution is -2.32. The van der Waals surface area contributed by atoms with Gasteiger partial charge >= 0.3 is 0 Å². The molecular weight excluding hydrogens is 335 g/mol. The molecule has 24 heavy (non-hydrogen) atoms. The molecule has 1 saturated carbocycles. The average Bonchev–Trinajstić information content (AvgIpc) is 3.18. The van der Waals surface area contributed by atoms with Gasteiger partial charge in [0.15, 0.2) is 0 Å². The van der Waals surface area contributed by atoms with Crippen LogP contribution in [0.1, 0.15) is 40.5 Å². The van der Waals surface area contributed by atoms with Gasteiger partial charge in [-0.25, -0.2) is 9.37 Å². The second-order valence-corrected chi connectivity index (χ2v) is 6.56. The van der Waals surface area contributed by atoms with E-state index < -0.39 is 11.9 Å². The molecule has 128 valence electrons.